The van der Waals surface area contributed by atoms with Crippen molar-refractivity contribution in [1.82, 2.24) is 30.0 Å². The fraction of sp³-hybridized carbons (Fsp3) is 0.545. The molecule has 1 atom stereocenters. The van der Waals surface area contributed by atoms with Crippen molar-refractivity contribution in [2.45, 2.75) is 26.4 Å². The highest BCUT2D eigenvalue weighted by molar-refractivity contribution is 14.0. The summed E-state index contributed by atoms with van der Waals surface area (Å²) in [6, 6.07) is 10.8. The first-order chi connectivity index (χ1) is 14.1. The van der Waals surface area contributed by atoms with E-state index in [2.05, 4.69) is 61.0 Å². The van der Waals surface area contributed by atoms with Gasteiger partial charge >= 0.3 is 0 Å². The van der Waals surface area contributed by atoms with Crippen LogP contribution in [0, 0.1) is 0 Å². The number of aromatic amines is 1. The molecule has 2 heterocycles. The van der Waals surface area contributed by atoms with E-state index in [9.17, 15) is 0 Å². The molecule has 3 rings (SSSR count). The van der Waals surface area contributed by atoms with E-state index in [1.165, 1.54) is 0 Å². The van der Waals surface area contributed by atoms with Crippen LogP contribution in [0.4, 0.5) is 0 Å². The van der Waals surface area contributed by atoms with Gasteiger partial charge in [-0.1, -0.05) is 37.3 Å². The predicted octanol–water partition coefficient (Wildman–Crippen LogP) is 2.73. The van der Waals surface area contributed by atoms with Crippen LogP contribution in [-0.4, -0.2) is 90.0 Å². The summed E-state index contributed by atoms with van der Waals surface area (Å²) in [5.74, 6) is 1.82. The highest BCUT2D eigenvalue weighted by Crippen LogP contribution is 2.16. The molecule has 0 bridgehead atoms. The number of H-pyrrole nitrogens is 1. The SMILES string of the molecule is CCN1CCN(C(C)CNC(=NC)N(C)Cc2ncc(-c3ccccc3)[nH]2)CC1.I. The molecule has 1 aliphatic heterocycles. The minimum atomic E-state index is 0. The molecule has 8 heteroatoms. The number of nitrogens with zero attached hydrogens (tertiary/aromatic N) is 5. The number of rotatable bonds is 7. The standard InChI is InChI=1S/C22H35N7.HI/c1-5-28-11-13-29(14-12-28)18(2)15-25-22(23-3)27(4)17-21-24-16-20(26-21)19-9-7-6-8-10-19;/h6-10,16,18H,5,11-15,17H2,1-4H3,(H,23,25)(H,24,26);1H. The number of halogens is 1. The summed E-state index contributed by atoms with van der Waals surface area (Å²) in [5, 5.41) is 3.53. The zero-order valence-electron chi connectivity index (χ0n) is 18.6. The lowest BCUT2D eigenvalue weighted by Gasteiger charge is -2.38. The summed E-state index contributed by atoms with van der Waals surface area (Å²) < 4.78 is 0. The lowest BCUT2D eigenvalue weighted by atomic mass is 10.2. The molecule has 2 N–H and O–H groups in total. The van der Waals surface area contributed by atoms with Crippen molar-refractivity contribution in [3.63, 3.8) is 0 Å². The van der Waals surface area contributed by atoms with Crippen LogP contribution in [0.2, 0.25) is 0 Å². The van der Waals surface area contributed by atoms with Crippen molar-refractivity contribution in [1.29, 1.82) is 0 Å². The number of benzene rings is 1. The first kappa shape index (κ1) is 24.6. The van der Waals surface area contributed by atoms with Gasteiger partial charge in [0.1, 0.15) is 5.82 Å². The Morgan fingerprint density at radius 3 is 2.57 bits per heavy atom. The second-order valence-electron chi connectivity index (χ2n) is 7.71. The first-order valence-corrected chi connectivity index (χ1v) is 10.6. The third-order valence-corrected chi connectivity index (χ3v) is 5.71. The van der Waals surface area contributed by atoms with Gasteiger partial charge in [-0.25, -0.2) is 4.98 Å². The lowest BCUT2D eigenvalue weighted by Crippen LogP contribution is -2.53. The minimum Gasteiger partial charge on any atom is -0.355 e. The molecule has 1 unspecified atom stereocenters. The Morgan fingerprint density at radius 1 is 1.23 bits per heavy atom. The van der Waals surface area contributed by atoms with Crippen LogP contribution < -0.4 is 5.32 Å². The van der Waals surface area contributed by atoms with Gasteiger partial charge in [-0.2, -0.15) is 0 Å². The molecule has 0 radical (unpaired) electrons. The van der Waals surface area contributed by atoms with Crippen molar-refractivity contribution >= 4 is 29.9 Å². The summed E-state index contributed by atoms with van der Waals surface area (Å²) in [4.78, 5) is 19.6. The summed E-state index contributed by atoms with van der Waals surface area (Å²) in [5.41, 5.74) is 2.19. The second-order valence-corrected chi connectivity index (χ2v) is 7.71. The van der Waals surface area contributed by atoms with Gasteiger partial charge < -0.3 is 20.1 Å². The van der Waals surface area contributed by atoms with Crippen molar-refractivity contribution in [2.24, 2.45) is 4.99 Å². The third kappa shape index (κ3) is 6.68. The number of nitrogens with one attached hydrogen (secondary N) is 2. The molecule has 1 aromatic heterocycles. The highest BCUT2D eigenvalue weighted by atomic mass is 127. The molecule has 1 saturated heterocycles. The lowest BCUT2D eigenvalue weighted by molar-refractivity contribution is 0.107. The molecular weight excluding hydrogens is 489 g/mol. The van der Waals surface area contributed by atoms with Crippen LogP contribution >= 0.6 is 24.0 Å². The molecule has 1 fully saturated rings. The monoisotopic (exact) mass is 525 g/mol. The van der Waals surface area contributed by atoms with Crippen molar-refractivity contribution in [3.05, 3.63) is 42.4 Å². The first-order valence-electron chi connectivity index (χ1n) is 10.6. The molecule has 0 amide bonds. The van der Waals surface area contributed by atoms with E-state index in [1.54, 1.807) is 0 Å². The van der Waals surface area contributed by atoms with Crippen LogP contribution in [0.15, 0.2) is 41.5 Å². The van der Waals surface area contributed by atoms with Crippen LogP contribution in [0.3, 0.4) is 0 Å². The van der Waals surface area contributed by atoms with E-state index in [4.69, 9.17) is 0 Å². The molecule has 1 aromatic carbocycles. The number of likely N-dealkylation sites (N-methyl/N-ethyl adjacent to an activating group) is 1. The number of aliphatic imine (C=N–C) groups is 1. The third-order valence-electron chi connectivity index (χ3n) is 5.71. The fourth-order valence-corrected chi connectivity index (χ4v) is 3.78. The fourth-order valence-electron chi connectivity index (χ4n) is 3.78. The Hall–Kier alpha value is -1.65. The molecule has 166 valence electrons. The largest absolute Gasteiger partial charge is 0.355 e. The molecule has 0 spiro atoms. The molecule has 7 nitrogen and oxygen atoms in total. The smallest absolute Gasteiger partial charge is 0.193 e. The van der Waals surface area contributed by atoms with Gasteiger partial charge in [0.25, 0.3) is 0 Å². The molecule has 2 aromatic rings. The topological polar surface area (TPSA) is 62.8 Å². The number of hydrogen-bond acceptors (Lipinski definition) is 4. The highest BCUT2D eigenvalue weighted by Gasteiger charge is 2.20. The predicted molar refractivity (Wildman–Crippen MR) is 135 cm³/mol. The molecule has 0 aliphatic carbocycles. The van der Waals surface area contributed by atoms with Gasteiger partial charge in [-0.15, -0.1) is 24.0 Å². The van der Waals surface area contributed by atoms with Crippen molar-refractivity contribution in [2.75, 3.05) is 53.4 Å². The molecule has 30 heavy (non-hydrogen) atoms. The molecule has 0 saturated carbocycles. The second kappa shape index (κ2) is 12.3. The van der Waals surface area contributed by atoms with Gasteiger partial charge in [-0.3, -0.25) is 9.89 Å². The summed E-state index contributed by atoms with van der Waals surface area (Å²) in [6.45, 7) is 11.8. The zero-order valence-corrected chi connectivity index (χ0v) is 21.0. The van der Waals surface area contributed by atoms with E-state index < -0.39 is 0 Å². The Balaban J connectivity index is 0.00000320. The van der Waals surface area contributed by atoms with E-state index in [1.807, 2.05) is 38.5 Å². The van der Waals surface area contributed by atoms with Gasteiger partial charge in [0, 0.05) is 52.9 Å². The van der Waals surface area contributed by atoms with Gasteiger partial charge in [0.2, 0.25) is 0 Å². The van der Waals surface area contributed by atoms with Gasteiger partial charge in [0.05, 0.1) is 18.4 Å². The van der Waals surface area contributed by atoms with Gasteiger partial charge in [-0.05, 0) is 19.0 Å². The summed E-state index contributed by atoms with van der Waals surface area (Å²) >= 11 is 0. The average molecular weight is 525 g/mol. The van der Waals surface area contributed by atoms with Crippen LogP contribution in [0.25, 0.3) is 11.3 Å². The van der Waals surface area contributed by atoms with Gasteiger partial charge in [0.15, 0.2) is 5.96 Å². The number of imidazole rings is 1. The van der Waals surface area contributed by atoms with Crippen LogP contribution in [0.5, 0.6) is 0 Å². The molecular formula is C22H36IN7. The van der Waals surface area contributed by atoms with E-state index in [0.717, 1.165) is 62.3 Å². The molecule has 1 aliphatic rings. The number of aromatic nitrogens is 2. The number of hydrogen-bond donors (Lipinski definition) is 2. The normalized spacial score (nSPS) is 16.7. The average Bonchev–Trinajstić information content (AvgIpc) is 3.23. The van der Waals surface area contributed by atoms with Crippen LogP contribution in [0.1, 0.15) is 19.7 Å². The number of piperazine rings is 1. The Morgan fingerprint density at radius 2 is 1.93 bits per heavy atom. The Labute approximate surface area is 198 Å². The zero-order chi connectivity index (χ0) is 20.6. The van der Waals surface area contributed by atoms with Crippen molar-refractivity contribution in [3.8, 4) is 11.3 Å². The Kier molecular flexibility index (Phi) is 10.1. The maximum Gasteiger partial charge on any atom is 0.193 e. The van der Waals surface area contributed by atoms with Crippen molar-refractivity contribution < 1.29 is 0 Å². The Bertz CT molecular complexity index is 769. The quantitative estimate of drug-likeness (QED) is 0.331. The minimum absolute atomic E-state index is 0. The summed E-state index contributed by atoms with van der Waals surface area (Å²) in [6.07, 6.45) is 1.90. The van der Waals surface area contributed by atoms with E-state index >= 15 is 0 Å². The van der Waals surface area contributed by atoms with Crippen LogP contribution in [-0.2, 0) is 6.54 Å². The maximum atomic E-state index is 4.54. The van der Waals surface area contributed by atoms with E-state index in [0.29, 0.717) is 12.6 Å². The maximum absolute atomic E-state index is 4.54. The van der Waals surface area contributed by atoms with E-state index in [-0.39, 0.29) is 24.0 Å². The number of guanidine groups is 1. The summed E-state index contributed by atoms with van der Waals surface area (Å²) in [7, 11) is 3.88.